The van der Waals surface area contributed by atoms with Gasteiger partial charge in [0.1, 0.15) is 12.1 Å². The fourth-order valence-electron chi connectivity index (χ4n) is 2.33. The summed E-state index contributed by atoms with van der Waals surface area (Å²) in [6.07, 6.45) is 6.02. The van der Waals surface area contributed by atoms with E-state index in [0.29, 0.717) is 5.82 Å². The van der Waals surface area contributed by atoms with Gasteiger partial charge >= 0.3 is 0 Å². The molecular formula is C12H14ClN5O2S. The van der Waals surface area contributed by atoms with Crippen LogP contribution in [-0.4, -0.2) is 34.4 Å². The molecule has 9 heteroatoms. The van der Waals surface area contributed by atoms with E-state index in [4.69, 9.17) is 11.6 Å². The molecule has 112 valence electrons. The van der Waals surface area contributed by atoms with Crippen molar-refractivity contribution in [3.8, 4) is 0 Å². The third kappa shape index (κ3) is 2.86. The van der Waals surface area contributed by atoms with Gasteiger partial charge in [0.15, 0.2) is 15.7 Å². The molecule has 1 unspecified atom stereocenters. The molecule has 1 aliphatic heterocycles. The normalized spacial score (nSPS) is 18.3. The van der Waals surface area contributed by atoms with Crippen LogP contribution in [0.25, 0.3) is 0 Å². The van der Waals surface area contributed by atoms with E-state index in [1.807, 2.05) is 4.57 Å². The summed E-state index contributed by atoms with van der Waals surface area (Å²) in [5, 5.41) is 11.5. The first-order valence-corrected chi connectivity index (χ1v) is 8.72. The number of aryl methyl sites for hydroxylation is 1. The maximum absolute atomic E-state index is 11.5. The van der Waals surface area contributed by atoms with Crippen molar-refractivity contribution in [3.05, 3.63) is 29.4 Å². The van der Waals surface area contributed by atoms with Crippen molar-refractivity contribution in [2.45, 2.75) is 30.3 Å². The minimum Gasteiger partial charge on any atom is -0.359 e. The fraction of sp³-hybridized carbons (Fsp3) is 0.417. The zero-order valence-corrected chi connectivity index (χ0v) is 12.9. The number of rotatable bonds is 3. The van der Waals surface area contributed by atoms with Crippen LogP contribution in [-0.2, 0) is 16.4 Å². The van der Waals surface area contributed by atoms with E-state index in [0.717, 1.165) is 31.5 Å². The maximum atomic E-state index is 11.5. The molecule has 0 fully saturated rings. The van der Waals surface area contributed by atoms with Gasteiger partial charge < -0.3 is 9.88 Å². The number of hydrogen-bond acceptors (Lipinski definition) is 6. The van der Waals surface area contributed by atoms with Crippen LogP contribution in [0.15, 0.2) is 23.5 Å². The Morgan fingerprint density at radius 3 is 3.00 bits per heavy atom. The predicted octanol–water partition coefficient (Wildman–Crippen LogP) is 1.68. The molecule has 2 aromatic rings. The Balaban J connectivity index is 1.87. The Morgan fingerprint density at radius 1 is 1.48 bits per heavy atom. The van der Waals surface area contributed by atoms with E-state index >= 15 is 0 Å². The predicted molar refractivity (Wildman–Crippen MR) is 78.0 cm³/mol. The van der Waals surface area contributed by atoms with Gasteiger partial charge in [-0.1, -0.05) is 11.6 Å². The monoisotopic (exact) mass is 327 g/mol. The molecule has 0 saturated heterocycles. The van der Waals surface area contributed by atoms with E-state index in [9.17, 15) is 8.42 Å². The Kier molecular flexibility index (Phi) is 3.58. The minimum absolute atomic E-state index is 0.0321. The van der Waals surface area contributed by atoms with E-state index in [-0.39, 0.29) is 16.0 Å². The highest BCUT2D eigenvalue weighted by Gasteiger charge is 2.23. The molecule has 0 aromatic carbocycles. The minimum atomic E-state index is -3.32. The van der Waals surface area contributed by atoms with Crippen molar-refractivity contribution in [2.24, 2.45) is 0 Å². The molecule has 1 N–H and O–H groups in total. The fourth-order valence-corrected chi connectivity index (χ4v) is 3.19. The lowest BCUT2D eigenvalue weighted by Gasteiger charge is -2.24. The summed E-state index contributed by atoms with van der Waals surface area (Å²) in [4.78, 5) is 4.22. The van der Waals surface area contributed by atoms with E-state index < -0.39 is 9.84 Å². The van der Waals surface area contributed by atoms with E-state index in [1.54, 1.807) is 6.33 Å². The van der Waals surface area contributed by atoms with Gasteiger partial charge in [0.2, 0.25) is 0 Å². The highest BCUT2D eigenvalue weighted by molar-refractivity contribution is 7.90. The van der Waals surface area contributed by atoms with Gasteiger partial charge in [0, 0.05) is 19.0 Å². The SMILES string of the molecule is CS(=O)(=O)c1cnc(NC2CCCn3cnnc32)c(Cl)c1. The van der Waals surface area contributed by atoms with Gasteiger partial charge in [-0.2, -0.15) is 0 Å². The lowest BCUT2D eigenvalue weighted by atomic mass is 10.1. The van der Waals surface area contributed by atoms with Crippen LogP contribution >= 0.6 is 11.6 Å². The number of aromatic nitrogens is 4. The summed E-state index contributed by atoms with van der Waals surface area (Å²) >= 11 is 6.12. The zero-order valence-electron chi connectivity index (χ0n) is 11.3. The lowest BCUT2D eigenvalue weighted by molar-refractivity contribution is 0.469. The number of anilines is 1. The molecule has 2 aromatic heterocycles. The van der Waals surface area contributed by atoms with Crippen LogP contribution in [0.2, 0.25) is 5.02 Å². The first kappa shape index (κ1) is 14.3. The summed E-state index contributed by atoms with van der Waals surface area (Å²) in [6.45, 7) is 0.898. The van der Waals surface area contributed by atoms with Crippen molar-refractivity contribution in [1.29, 1.82) is 0 Å². The number of sulfone groups is 1. The van der Waals surface area contributed by atoms with E-state index in [2.05, 4.69) is 20.5 Å². The molecule has 7 nitrogen and oxygen atoms in total. The third-order valence-corrected chi connectivity index (χ3v) is 4.77. The van der Waals surface area contributed by atoms with Crippen molar-refractivity contribution < 1.29 is 8.42 Å². The molecule has 0 spiro atoms. The van der Waals surface area contributed by atoms with Crippen LogP contribution in [0.5, 0.6) is 0 Å². The van der Waals surface area contributed by atoms with Gasteiger partial charge in [-0.3, -0.25) is 0 Å². The van der Waals surface area contributed by atoms with Gasteiger partial charge in [-0.05, 0) is 18.9 Å². The highest BCUT2D eigenvalue weighted by atomic mass is 35.5. The summed E-state index contributed by atoms with van der Waals surface area (Å²) in [5.41, 5.74) is 0. The Labute approximate surface area is 127 Å². The molecule has 1 aliphatic rings. The molecule has 0 aliphatic carbocycles. The number of fused-ring (bicyclic) bond motifs is 1. The summed E-state index contributed by atoms with van der Waals surface area (Å²) < 4.78 is 24.9. The maximum Gasteiger partial charge on any atom is 0.177 e. The highest BCUT2D eigenvalue weighted by Crippen LogP contribution is 2.30. The smallest absolute Gasteiger partial charge is 0.177 e. The third-order valence-electron chi connectivity index (χ3n) is 3.40. The summed E-state index contributed by atoms with van der Waals surface area (Å²) in [6, 6.07) is 1.37. The van der Waals surface area contributed by atoms with Crippen molar-refractivity contribution >= 4 is 27.3 Å². The van der Waals surface area contributed by atoms with Crippen LogP contribution in [0, 0.1) is 0 Å². The Hall–Kier alpha value is -1.67. The molecule has 1 atom stereocenters. The van der Waals surface area contributed by atoms with Gasteiger partial charge in [0.25, 0.3) is 0 Å². The topological polar surface area (TPSA) is 89.8 Å². The molecule has 3 rings (SSSR count). The van der Waals surface area contributed by atoms with Gasteiger partial charge in [-0.15, -0.1) is 10.2 Å². The van der Waals surface area contributed by atoms with Crippen molar-refractivity contribution in [2.75, 3.05) is 11.6 Å². The second-order valence-electron chi connectivity index (χ2n) is 5.00. The van der Waals surface area contributed by atoms with Crippen LogP contribution < -0.4 is 5.32 Å². The lowest BCUT2D eigenvalue weighted by Crippen LogP contribution is -2.22. The number of hydrogen-bond donors (Lipinski definition) is 1. The second-order valence-corrected chi connectivity index (χ2v) is 7.42. The van der Waals surface area contributed by atoms with Crippen LogP contribution in [0.3, 0.4) is 0 Å². The van der Waals surface area contributed by atoms with Gasteiger partial charge in [-0.25, -0.2) is 13.4 Å². The molecule has 3 heterocycles. The van der Waals surface area contributed by atoms with Gasteiger partial charge in [0.05, 0.1) is 16.0 Å². The molecule has 0 bridgehead atoms. The largest absolute Gasteiger partial charge is 0.359 e. The Bertz CT molecular complexity index is 774. The molecule has 21 heavy (non-hydrogen) atoms. The van der Waals surface area contributed by atoms with Crippen molar-refractivity contribution in [3.63, 3.8) is 0 Å². The average molecular weight is 328 g/mol. The molecule has 0 radical (unpaired) electrons. The Morgan fingerprint density at radius 2 is 2.29 bits per heavy atom. The average Bonchev–Trinajstić information content (AvgIpc) is 2.89. The first-order valence-electron chi connectivity index (χ1n) is 6.45. The van der Waals surface area contributed by atoms with Crippen LogP contribution in [0.1, 0.15) is 24.7 Å². The summed E-state index contributed by atoms with van der Waals surface area (Å²) in [7, 11) is -3.32. The number of halogens is 1. The van der Waals surface area contributed by atoms with E-state index in [1.165, 1.54) is 12.3 Å². The number of nitrogens with one attached hydrogen (secondary N) is 1. The molecule has 0 saturated carbocycles. The zero-order chi connectivity index (χ0) is 15.0. The number of pyridine rings is 1. The molecular weight excluding hydrogens is 314 g/mol. The molecule has 0 amide bonds. The number of nitrogens with zero attached hydrogens (tertiary/aromatic N) is 4. The standard InChI is InChI=1S/C12H14ClN5O2S/c1-21(19,20)8-5-9(13)11(14-6-8)16-10-3-2-4-18-7-15-17-12(10)18/h5-7,10H,2-4H2,1H3,(H,14,16). The first-order chi connectivity index (χ1) is 9.95. The van der Waals surface area contributed by atoms with Crippen LogP contribution in [0.4, 0.5) is 5.82 Å². The quantitative estimate of drug-likeness (QED) is 0.922. The second kappa shape index (κ2) is 5.27. The van der Waals surface area contributed by atoms with Crippen molar-refractivity contribution in [1.82, 2.24) is 19.7 Å². The summed E-state index contributed by atoms with van der Waals surface area (Å²) in [5.74, 6) is 1.29.